The molecule has 1 N–H and O–H groups in total. The standard InChI is InChI=1S/C19H18F3N3O4/c1-12-9-15(7-8-16(12)25(28)29)18(27)24(2)10-13-3-5-14(6-4-13)17(26)23-11-19(20,21)22/h3-9H,10-11H2,1-2H3,(H,23,26). The van der Waals surface area contributed by atoms with Crippen LogP contribution in [-0.2, 0) is 6.54 Å². The molecule has 0 atom stereocenters. The van der Waals surface area contributed by atoms with Crippen molar-refractivity contribution in [1.82, 2.24) is 10.2 Å². The molecule has 0 heterocycles. The number of nitrogens with zero attached hydrogens (tertiary/aromatic N) is 2. The second-order valence-electron chi connectivity index (χ2n) is 6.41. The fourth-order valence-corrected chi connectivity index (χ4v) is 2.60. The molecule has 0 saturated heterocycles. The number of nitro groups is 1. The predicted octanol–water partition coefficient (Wildman–Crippen LogP) is 3.47. The largest absolute Gasteiger partial charge is 0.405 e. The fourth-order valence-electron chi connectivity index (χ4n) is 2.60. The van der Waals surface area contributed by atoms with Crippen LogP contribution in [-0.4, -0.2) is 41.4 Å². The van der Waals surface area contributed by atoms with E-state index in [1.54, 1.807) is 12.4 Å². The minimum atomic E-state index is -4.49. The van der Waals surface area contributed by atoms with Gasteiger partial charge in [0.25, 0.3) is 17.5 Å². The van der Waals surface area contributed by atoms with Crippen LogP contribution < -0.4 is 5.32 Å². The Labute approximate surface area is 164 Å². The van der Waals surface area contributed by atoms with Crippen molar-refractivity contribution >= 4 is 17.5 Å². The van der Waals surface area contributed by atoms with E-state index in [1.165, 1.54) is 54.3 Å². The van der Waals surface area contributed by atoms with Crippen LogP contribution in [0.5, 0.6) is 0 Å². The number of nitro benzene ring substituents is 1. The van der Waals surface area contributed by atoms with E-state index in [1.807, 2.05) is 0 Å². The highest BCUT2D eigenvalue weighted by molar-refractivity contribution is 5.95. The van der Waals surface area contributed by atoms with Gasteiger partial charge >= 0.3 is 6.18 Å². The van der Waals surface area contributed by atoms with Crippen LogP contribution in [0.3, 0.4) is 0 Å². The number of carbonyl (C=O) groups excluding carboxylic acids is 2. The van der Waals surface area contributed by atoms with Crippen molar-refractivity contribution in [3.8, 4) is 0 Å². The highest BCUT2D eigenvalue weighted by Crippen LogP contribution is 2.20. The van der Waals surface area contributed by atoms with E-state index in [4.69, 9.17) is 0 Å². The number of amides is 2. The maximum Gasteiger partial charge on any atom is 0.405 e. The van der Waals surface area contributed by atoms with Crippen LogP contribution in [0.2, 0.25) is 0 Å². The lowest BCUT2D eigenvalue weighted by atomic mass is 10.1. The van der Waals surface area contributed by atoms with Crippen molar-refractivity contribution < 1.29 is 27.7 Å². The molecular weight excluding hydrogens is 391 g/mol. The molecule has 0 unspecified atom stereocenters. The molecule has 10 heteroatoms. The third-order valence-corrected chi connectivity index (χ3v) is 4.07. The Morgan fingerprint density at radius 1 is 1.10 bits per heavy atom. The number of hydrogen-bond acceptors (Lipinski definition) is 4. The van der Waals surface area contributed by atoms with Crippen LogP contribution in [0.4, 0.5) is 18.9 Å². The quantitative estimate of drug-likeness (QED) is 0.584. The first-order valence-electron chi connectivity index (χ1n) is 8.42. The number of alkyl halides is 3. The smallest absolute Gasteiger partial charge is 0.343 e. The van der Waals surface area contributed by atoms with Crippen LogP contribution >= 0.6 is 0 Å². The summed E-state index contributed by atoms with van der Waals surface area (Å²) in [7, 11) is 1.54. The Balaban J connectivity index is 2.02. The fraction of sp³-hybridized carbons (Fsp3) is 0.263. The topological polar surface area (TPSA) is 92.6 Å². The van der Waals surface area contributed by atoms with Gasteiger partial charge in [-0.15, -0.1) is 0 Å². The number of halogens is 3. The summed E-state index contributed by atoms with van der Waals surface area (Å²) in [4.78, 5) is 36.0. The molecule has 2 aromatic rings. The van der Waals surface area contributed by atoms with Crippen molar-refractivity contribution in [2.24, 2.45) is 0 Å². The normalized spacial score (nSPS) is 11.1. The molecule has 0 radical (unpaired) electrons. The summed E-state index contributed by atoms with van der Waals surface area (Å²) in [5.74, 6) is -1.20. The zero-order chi connectivity index (χ0) is 21.8. The van der Waals surface area contributed by atoms with Gasteiger partial charge in [0.05, 0.1) is 4.92 Å². The predicted molar refractivity (Wildman–Crippen MR) is 98.5 cm³/mol. The number of benzene rings is 2. The molecule has 0 saturated carbocycles. The summed E-state index contributed by atoms with van der Waals surface area (Å²) in [5, 5.41) is 12.6. The van der Waals surface area contributed by atoms with Crippen molar-refractivity contribution in [2.45, 2.75) is 19.6 Å². The monoisotopic (exact) mass is 409 g/mol. The first-order valence-corrected chi connectivity index (χ1v) is 8.42. The molecule has 2 amide bonds. The summed E-state index contributed by atoms with van der Waals surface area (Å²) in [5.41, 5.74) is 1.30. The molecule has 0 aliphatic rings. The molecular formula is C19H18F3N3O4. The molecule has 0 spiro atoms. The van der Waals surface area contributed by atoms with Gasteiger partial charge in [-0.1, -0.05) is 12.1 Å². The van der Waals surface area contributed by atoms with Crippen LogP contribution in [0.25, 0.3) is 0 Å². The third-order valence-electron chi connectivity index (χ3n) is 4.07. The maximum atomic E-state index is 12.5. The van der Waals surface area contributed by atoms with E-state index in [9.17, 15) is 32.9 Å². The van der Waals surface area contributed by atoms with E-state index in [2.05, 4.69) is 0 Å². The molecule has 0 aromatic heterocycles. The minimum Gasteiger partial charge on any atom is -0.343 e. The number of nitrogens with one attached hydrogen (secondary N) is 1. The van der Waals surface area contributed by atoms with Gasteiger partial charge in [0.2, 0.25) is 0 Å². The van der Waals surface area contributed by atoms with E-state index in [0.717, 1.165) is 0 Å². The van der Waals surface area contributed by atoms with Gasteiger partial charge in [0.1, 0.15) is 6.54 Å². The Morgan fingerprint density at radius 2 is 1.69 bits per heavy atom. The summed E-state index contributed by atoms with van der Waals surface area (Å²) in [6.07, 6.45) is -4.49. The van der Waals surface area contributed by atoms with E-state index >= 15 is 0 Å². The number of carbonyl (C=O) groups is 2. The van der Waals surface area contributed by atoms with Crippen LogP contribution in [0.15, 0.2) is 42.5 Å². The highest BCUT2D eigenvalue weighted by Gasteiger charge is 2.27. The Morgan fingerprint density at radius 3 is 2.21 bits per heavy atom. The first kappa shape index (κ1) is 21.9. The zero-order valence-corrected chi connectivity index (χ0v) is 15.6. The second-order valence-corrected chi connectivity index (χ2v) is 6.41. The molecule has 0 aliphatic carbocycles. The average molecular weight is 409 g/mol. The van der Waals surface area contributed by atoms with Crippen LogP contribution in [0, 0.1) is 17.0 Å². The van der Waals surface area contributed by atoms with E-state index in [-0.39, 0.29) is 23.7 Å². The molecule has 0 aliphatic heterocycles. The summed E-state index contributed by atoms with van der Waals surface area (Å²) < 4.78 is 36.5. The summed E-state index contributed by atoms with van der Waals surface area (Å²) in [6.45, 7) is 0.302. The number of rotatable bonds is 6. The van der Waals surface area contributed by atoms with Crippen molar-refractivity contribution in [3.05, 3.63) is 74.8 Å². The average Bonchev–Trinajstić information content (AvgIpc) is 2.65. The Bertz CT molecular complexity index is 927. The number of aryl methyl sites for hydroxylation is 1. The second kappa shape index (κ2) is 8.72. The maximum absolute atomic E-state index is 12.5. The molecule has 0 bridgehead atoms. The molecule has 7 nitrogen and oxygen atoms in total. The lowest BCUT2D eigenvalue weighted by molar-refractivity contribution is -0.385. The van der Waals surface area contributed by atoms with Gasteiger partial charge in [-0.3, -0.25) is 19.7 Å². The van der Waals surface area contributed by atoms with Gasteiger partial charge in [-0.25, -0.2) is 0 Å². The van der Waals surface area contributed by atoms with E-state index < -0.39 is 23.6 Å². The molecule has 154 valence electrons. The summed E-state index contributed by atoms with van der Waals surface area (Å²) >= 11 is 0. The molecule has 29 heavy (non-hydrogen) atoms. The summed E-state index contributed by atoms with van der Waals surface area (Å²) in [6, 6.07) is 9.89. The Kier molecular flexibility index (Phi) is 6.57. The van der Waals surface area contributed by atoms with Gasteiger partial charge in [-0.2, -0.15) is 13.2 Å². The lowest BCUT2D eigenvalue weighted by Gasteiger charge is -2.18. The third kappa shape index (κ3) is 6.03. The van der Waals surface area contributed by atoms with E-state index in [0.29, 0.717) is 16.7 Å². The van der Waals surface area contributed by atoms with Gasteiger partial charge in [0.15, 0.2) is 0 Å². The van der Waals surface area contributed by atoms with Crippen molar-refractivity contribution in [3.63, 3.8) is 0 Å². The molecule has 0 fully saturated rings. The highest BCUT2D eigenvalue weighted by atomic mass is 19.4. The Hall–Kier alpha value is -3.43. The zero-order valence-electron chi connectivity index (χ0n) is 15.6. The van der Waals surface area contributed by atoms with Crippen molar-refractivity contribution in [1.29, 1.82) is 0 Å². The molecule has 2 rings (SSSR count). The lowest BCUT2D eigenvalue weighted by Crippen LogP contribution is -2.33. The van der Waals surface area contributed by atoms with Crippen LogP contribution in [0.1, 0.15) is 31.8 Å². The minimum absolute atomic E-state index is 0.0676. The first-order chi connectivity index (χ1) is 13.5. The van der Waals surface area contributed by atoms with Crippen molar-refractivity contribution in [2.75, 3.05) is 13.6 Å². The van der Waals surface area contributed by atoms with Gasteiger partial charge in [0, 0.05) is 36.3 Å². The molecule has 2 aromatic carbocycles. The number of hydrogen-bond donors (Lipinski definition) is 1. The SMILES string of the molecule is Cc1cc(C(=O)N(C)Cc2ccc(C(=O)NCC(F)(F)F)cc2)ccc1[N+](=O)[O-]. The van der Waals surface area contributed by atoms with Gasteiger partial charge in [-0.05, 0) is 36.8 Å². The van der Waals surface area contributed by atoms with Gasteiger partial charge < -0.3 is 10.2 Å².